The Bertz CT molecular complexity index is 393. The van der Waals surface area contributed by atoms with Crippen LogP contribution in [0.25, 0.3) is 0 Å². The van der Waals surface area contributed by atoms with Gasteiger partial charge in [-0.05, 0) is 45.5 Å². The molecular formula is C18H31N3. The van der Waals surface area contributed by atoms with E-state index in [4.69, 9.17) is 0 Å². The van der Waals surface area contributed by atoms with Crippen LogP contribution in [0.4, 0.5) is 0 Å². The van der Waals surface area contributed by atoms with Crippen LogP contribution in [0, 0.1) is 0 Å². The van der Waals surface area contributed by atoms with Gasteiger partial charge in [0.25, 0.3) is 0 Å². The molecule has 1 aliphatic heterocycles. The Labute approximate surface area is 130 Å². The van der Waals surface area contributed by atoms with Crippen LogP contribution in [0.5, 0.6) is 0 Å². The molecule has 1 N–H and O–H groups in total. The van der Waals surface area contributed by atoms with Gasteiger partial charge in [-0.2, -0.15) is 0 Å². The van der Waals surface area contributed by atoms with E-state index >= 15 is 0 Å². The Kier molecular flexibility index (Phi) is 6.68. The lowest BCUT2D eigenvalue weighted by Gasteiger charge is -2.40. The van der Waals surface area contributed by atoms with E-state index in [1.165, 1.54) is 38.0 Å². The van der Waals surface area contributed by atoms with Crippen LogP contribution in [0.2, 0.25) is 0 Å². The van der Waals surface area contributed by atoms with Crippen molar-refractivity contribution >= 4 is 0 Å². The van der Waals surface area contributed by atoms with Crippen molar-refractivity contribution in [2.24, 2.45) is 0 Å². The van der Waals surface area contributed by atoms with Gasteiger partial charge in [0.1, 0.15) is 0 Å². The molecular weight excluding hydrogens is 258 g/mol. The molecule has 1 aromatic rings. The van der Waals surface area contributed by atoms with Gasteiger partial charge >= 0.3 is 0 Å². The van der Waals surface area contributed by atoms with Crippen molar-refractivity contribution in [3.8, 4) is 0 Å². The summed E-state index contributed by atoms with van der Waals surface area (Å²) in [6.07, 6.45) is 2.54. The fraction of sp³-hybridized carbons (Fsp3) is 0.667. The number of nitrogens with zero attached hydrogens (tertiary/aromatic N) is 2. The Balaban J connectivity index is 1.90. The van der Waals surface area contributed by atoms with Crippen LogP contribution < -0.4 is 5.32 Å². The third-order valence-electron chi connectivity index (χ3n) is 4.51. The average Bonchev–Trinajstić information content (AvgIpc) is 2.50. The minimum absolute atomic E-state index is 0.555. The molecule has 1 aromatic carbocycles. The lowest BCUT2D eigenvalue weighted by Crippen LogP contribution is -2.47. The molecule has 0 aliphatic carbocycles. The van der Waals surface area contributed by atoms with Crippen LogP contribution in [0.1, 0.15) is 38.3 Å². The second-order valence-corrected chi connectivity index (χ2v) is 6.33. The number of likely N-dealkylation sites (N-methyl/N-ethyl adjacent to an activating group) is 1. The highest BCUT2D eigenvalue weighted by Gasteiger charge is 2.25. The highest BCUT2D eigenvalue weighted by molar-refractivity contribution is 5.20. The number of hydrogen-bond donors (Lipinski definition) is 1. The first kappa shape index (κ1) is 16.5. The molecule has 0 radical (unpaired) electrons. The van der Waals surface area contributed by atoms with Crippen molar-refractivity contribution in [3.63, 3.8) is 0 Å². The van der Waals surface area contributed by atoms with Gasteiger partial charge in [0.2, 0.25) is 0 Å². The smallest absolute Gasteiger partial charge is 0.0475 e. The van der Waals surface area contributed by atoms with E-state index < -0.39 is 0 Å². The van der Waals surface area contributed by atoms with Crippen LogP contribution in [0.3, 0.4) is 0 Å². The summed E-state index contributed by atoms with van der Waals surface area (Å²) in [7, 11) is 2.24. The van der Waals surface area contributed by atoms with E-state index in [9.17, 15) is 0 Å². The fourth-order valence-electron chi connectivity index (χ4n) is 3.27. The summed E-state index contributed by atoms with van der Waals surface area (Å²) >= 11 is 0. The normalized spacial score (nSPS) is 22.3. The molecule has 3 heteroatoms. The molecule has 0 aromatic heterocycles. The molecule has 0 bridgehead atoms. The Morgan fingerprint density at radius 3 is 2.71 bits per heavy atom. The van der Waals surface area contributed by atoms with Crippen molar-refractivity contribution < 1.29 is 0 Å². The molecule has 2 rings (SSSR count). The number of piperazine rings is 1. The van der Waals surface area contributed by atoms with Gasteiger partial charge in [0.15, 0.2) is 0 Å². The minimum atomic E-state index is 0.555. The van der Waals surface area contributed by atoms with Crippen molar-refractivity contribution in [1.82, 2.24) is 15.1 Å². The van der Waals surface area contributed by atoms with Crippen molar-refractivity contribution in [1.29, 1.82) is 0 Å². The van der Waals surface area contributed by atoms with Gasteiger partial charge in [-0.25, -0.2) is 0 Å². The molecule has 1 heterocycles. The zero-order valence-electron chi connectivity index (χ0n) is 13.9. The Morgan fingerprint density at radius 2 is 2.00 bits per heavy atom. The molecule has 1 aliphatic rings. The van der Waals surface area contributed by atoms with Gasteiger partial charge in [0, 0.05) is 31.7 Å². The monoisotopic (exact) mass is 289 g/mol. The van der Waals surface area contributed by atoms with Crippen molar-refractivity contribution in [2.45, 2.75) is 38.8 Å². The lowest BCUT2D eigenvalue weighted by molar-refractivity contribution is 0.0876. The van der Waals surface area contributed by atoms with E-state index in [1.54, 1.807) is 0 Å². The maximum absolute atomic E-state index is 3.51. The first-order valence-corrected chi connectivity index (χ1v) is 8.41. The third-order valence-corrected chi connectivity index (χ3v) is 4.51. The Morgan fingerprint density at radius 1 is 1.24 bits per heavy atom. The molecule has 0 amide bonds. The largest absolute Gasteiger partial charge is 0.315 e. The van der Waals surface area contributed by atoms with Crippen LogP contribution >= 0.6 is 0 Å². The molecule has 1 fully saturated rings. The molecule has 3 nitrogen and oxygen atoms in total. The molecule has 1 saturated heterocycles. The van der Waals surface area contributed by atoms with Crippen molar-refractivity contribution in [3.05, 3.63) is 35.9 Å². The summed E-state index contributed by atoms with van der Waals surface area (Å²) in [5, 5.41) is 3.51. The van der Waals surface area contributed by atoms with Crippen LogP contribution in [-0.2, 0) is 0 Å². The number of rotatable bonds is 7. The predicted molar refractivity (Wildman–Crippen MR) is 90.6 cm³/mol. The standard InChI is InChI=1S/C18H31N3/c1-4-19-16(2)9-8-12-21-14-13-20(3)15-18(21)17-10-6-5-7-11-17/h5-7,10-11,16,18-19H,4,8-9,12-15H2,1-3H3. The van der Waals surface area contributed by atoms with Crippen LogP contribution in [-0.4, -0.2) is 55.6 Å². The first-order chi connectivity index (χ1) is 10.2. The van der Waals surface area contributed by atoms with Gasteiger partial charge in [-0.15, -0.1) is 0 Å². The average molecular weight is 289 g/mol. The molecule has 2 unspecified atom stereocenters. The molecule has 0 saturated carbocycles. The van der Waals surface area contributed by atoms with Gasteiger partial charge < -0.3 is 10.2 Å². The van der Waals surface area contributed by atoms with E-state index in [2.05, 4.69) is 66.3 Å². The number of hydrogen-bond acceptors (Lipinski definition) is 3. The number of nitrogens with one attached hydrogen (secondary N) is 1. The van der Waals surface area contributed by atoms with E-state index in [0.717, 1.165) is 13.1 Å². The van der Waals surface area contributed by atoms with Gasteiger partial charge in [-0.1, -0.05) is 37.3 Å². The van der Waals surface area contributed by atoms with Crippen LogP contribution in [0.15, 0.2) is 30.3 Å². The fourth-order valence-corrected chi connectivity index (χ4v) is 3.27. The minimum Gasteiger partial charge on any atom is -0.315 e. The molecule has 2 atom stereocenters. The summed E-state index contributed by atoms with van der Waals surface area (Å²) in [6.45, 7) is 10.3. The maximum atomic E-state index is 3.51. The topological polar surface area (TPSA) is 18.5 Å². The summed E-state index contributed by atoms with van der Waals surface area (Å²) in [4.78, 5) is 5.13. The first-order valence-electron chi connectivity index (χ1n) is 8.41. The van der Waals surface area contributed by atoms with E-state index in [1.807, 2.05) is 0 Å². The summed E-state index contributed by atoms with van der Waals surface area (Å²) in [5.74, 6) is 0. The molecule has 0 spiro atoms. The second-order valence-electron chi connectivity index (χ2n) is 6.33. The molecule has 118 valence electrons. The Hall–Kier alpha value is -0.900. The van der Waals surface area contributed by atoms with Gasteiger partial charge in [-0.3, -0.25) is 4.90 Å². The second kappa shape index (κ2) is 8.52. The lowest BCUT2D eigenvalue weighted by atomic mass is 10.0. The van der Waals surface area contributed by atoms with E-state index in [0.29, 0.717) is 12.1 Å². The quantitative estimate of drug-likeness (QED) is 0.833. The summed E-state index contributed by atoms with van der Waals surface area (Å²) in [5.41, 5.74) is 1.46. The number of benzene rings is 1. The highest BCUT2D eigenvalue weighted by Crippen LogP contribution is 2.25. The highest BCUT2D eigenvalue weighted by atomic mass is 15.3. The predicted octanol–water partition coefficient (Wildman–Crippen LogP) is 2.75. The zero-order chi connectivity index (χ0) is 15.1. The summed E-state index contributed by atoms with van der Waals surface area (Å²) < 4.78 is 0. The SMILES string of the molecule is CCNC(C)CCCN1CCN(C)CC1c1ccccc1. The van der Waals surface area contributed by atoms with Crippen molar-refractivity contribution in [2.75, 3.05) is 39.8 Å². The maximum Gasteiger partial charge on any atom is 0.0475 e. The zero-order valence-corrected chi connectivity index (χ0v) is 13.9. The van der Waals surface area contributed by atoms with Gasteiger partial charge in [0.05, 0.1) is 0 Å². The third kappa shape index (κ3) is 5.10. The summed E-state index contributed by atoms with van der Waals surface area (Å²) in [6, 6.07) is 12.2. The van der Waals surface area contributed by atoms with E-state index in [-0.39, 0.29) is 0 Å². The molecule has 21 heavy (non-hydrogen) atoms.